The molecule has 1 saturated heterocycles. The Balaban J connectivity index is 1.39. The van der Waals surface area contributed by atoms with Gasteiger partial charge in [0, 0.05) is 24.9 Å². The van der Waals surface area contributed by atoms with E-state index in [4.69, 9.17) is 4.42 Å². The summed E-state index contributed by atoms with van der Waals surface area (Å²) in [5.74, 6) is 1.52. The molecule has 0 unspecified atom stereocenters. The first-order chi connectivity index (χ1) is 13.2. The molecule has 3 nitrogen and oxygen atoms in total. The summed E-state index contributed by atoms with van der Waals surface area (Å²) in [6.45, 7) is 0.758. The van der Waals surface area contributed by atoms with Crippen molar-refractivity contribution in [2.75, 3.05) is 6.54 Å². The lowest BCUT2D eigenvalue weighted by atomic mass is 10.0. The fourth-order valence-corrected chi connectivity index (χ4v) is 3.74. The van der Waals surface area contributed by atoms with Gasteiger partial charge in [-0.2, -0.15) is 0 Å². The van der Waals surface area contributed by atoms with Crippen LogP contribution in [0.4, 0.5) is 4.39 Å². The SMILES string of the molecule is O=C(CCc1ccc(-c2ccccc2)o1)N1CCC[C@H]1c1ccc(F)cc1. The summed E-state index contributed by atoms with van der Waals surface area (Å²) in [5, 5.41) is 0. The van der Waals surface area contributed by atoms with Crippen molar-refractivity contribution in [1.82, 2.24) is 4.90 Å². The molecule has 1 aliphatic heterocycles. The number of nitrogens with zero attached hydrogens (tertiary/aromatic N) is 1. The number of likely N-dealkylation sites (tertiary alicyclic amines) is 1. The maximum Gasteiger partial charge on any atom is 0.223 e. The molecule has 4 rings (SSSR count). The lowest BCUT2D eigenvalue weighted by Gasteiger charge is -2.25. The van der Waals surface area contributed by atoms with E-state index in [1.165, 1.54) is 12.1 Å². The summed E-state index contributed by atoms with van der Waals surface area (Å²) >= 11 is 0. The number of halogens is 1. The Labute approximate surface area is 158 Å². The highest BCUT2D eigenvalue weighted by Gasteiger charge is 2.29. The normalized spacial score (nSPS) is 16.6. The van der Waals surface area contributed by atoms with Crippen LogP contribution in [0.3, 0.4) is 0 Å². The number of carbonyl (C=O) groups excluding carboxylic acids is 1. The first-order valence-electron chi connectivity index (χ1n) is 9.40. The smallest absolute Gasteiger partial charge is 0.223 e. The zero-order chi connectivity index (χ0) is 18.6. The minimum atomic E-state index is -0.248. The molecule has 138 valence electrons. The van der Waals surface area contributed by atoms with E-state index in [0.717, 1.165) is 42.0 Å². The highest BCUT2D eigenvalue weighted by Crippen LogP contribution is 2.32. The maximum atomic E-state index is 13.2. The average Bonchev–Trinajstić information content (AvgIpc) is 3.37. The highest BCUT2D eigenvalue weighted by atomic mass is 19.1. The van der Waals surface area contributed by atoms with Gasteiger partial charge in [0.1, 0.15) is 17.3 Å². The Morgan fingerprint density at radius 2 is 1.81 bits per heavy atom. The second kappa shape index (κ2) is 7.78. The van der Waals surface area contributed by atoms with Gasteiger partial charge >= 0.3 is 0 Å². The van der Waals surface area contributed by atoms with Crippen molar-refractivity contribution >= 4 is 5.91 Å². The zero-order valence-corrected chi connectivity index (χ0v) is 15.1. The summed E-state index contributed by atoms with van der Waals surface area (Å²) in [6, 6.07) is 20.4. The number of benzene rings is 2. The van der Waals surface area contributed by atoms with Crippen molar-refractivity contribution < 1.29 is 13.6 Å². The monoisotopic (exact) mass is 363 g/mol. The zero-order valence-electron chi connectivity index (χ0n) is 15.1. The van der Waals surface area contributed by atoms with Gasteiger partial charge in [0.05, 0.1) is 6.04 Å². The molecule has 2 aromatic carbocycles. The third-order valence-corrected chi connectivity index (χ3v) is 5.13. The third kappa shape index (κ3) is 3.95. The lowest BCUT2D eigenvalue weighted by Crippen LogP contribution is -2.30. The van der Waals surface area contributed by atoms with Crippen LogP contribution in [0.15, 0.2) is 71.1 Å². The Hall–Kier alpha value is -2.88. The van der Waals surface area contributed by atoms with Crippen LogP contribution in [0, 0.1) is 5.82 Å². The molecule has 1 aliphatic rings. The number of hydrogen-bond donors (Lipinski definition) is 0. The fourth-order valence-electron chi connectivity index (χ4n) is 3.74. The van der Waals surface area contributed by atoms with Crippen molar-refractivity contribution in [1.29, 1.82) is 0 Å². The summed E-state index contributed by atoms with van der Waals surface area (Å²) in [7, 11) is 0. The van der Waals surface area contributed by atoms with Crippen molar-refractivity contribution in [3.63, 3.8) is 0 Å². The van der Waals surface area contributed by atoms with E-state index in [1.54, 1.807) is 12.1 Å². The van der Waals surface area contributed by atoms with Crippen LogP contribution in [-0.2, 0) is 11.2 Å². The molecule has 0 saturated carbocycles. The van der Waals surface area contributed by atoms with E-state index < -0.39 is 0 Å². The highest BCUT2D eigenvalue weighted by molar-refractivity contribution is 5.77. The van der Waals surface area contributed by atoms with Gasteiger partial charge in [0.2, 0.25) is 5.91 Å². The van der Waals surface area contributed by atoms with Gasteiger partial charge in [-0.1, -0.05) is 42.5 Å². The summed E-state index contributed by atoms with van der Waals surface area (Å²) < 4.78 is 19.1. The lowest BCUT2D eigenvalue weighted by molar-refractivity contribution is -0.132. The first-order valence-corrected chi connectivity index (χ1v) is 9.40. The Morgan fingerprint density at radius 1 is 1.04 bits per heavy atom. The van der Waals surface area contributed by atoms with Crippen molar-refractivity contribution in [2.24, 2.45) is 0 Å². The molecular formula is C23H22FNO2. The second-order valence-electron chi connectivity index (χ2n) is 6.93. The molecule has 1 aromatic heterocycles. The number of aryl methyl sites for hydroxylation is 1. The minimum absolute atomic E-state index is 0.0505. The van der Waals surface area contributed by atoms with E-state index >= 15 is 0 Å². The Bertz CT molecular complexity index is 902. The fraction of sp³-hybridized carbons (Fsp3) is 0.261. The maximum absolute atomic E-state index is 13.2. The quantitative estimate of drug-likeness (QED) is 0.610. The molecule has 1 atom stereocenters. The largest absolute Gasteiger partial charge is 0.461 e. The molecule has 4 heteroatoms. The van der Waals surface area contributed by atoms with Gasteiger partial charge < -0.3 is 9.32 Å². The molecule has 0 aliphatic carbocycles. The van der Waals surface area contributed by atoms with Crippen LogP contribution >= 0.6 is 0 Å². The summed E-state index contributed by atoms with van der Waals surface area (Å²) in [6.07, 6.45) is 2.90. The van der Waals surface area contributed by atoms with Crippen molar-refractivity contribution in [3.8, 4) is 11.3 Å². The van der Waals surface area contributed by atoms with E-state index in [2.05, 4.69) is 0 Å². The van der Waals surface area contributed by atoms with E-state index in [-0.39, 0.29) is 17.8 Å². The molecule has 27 heavy (non-hydrogen) atoms. The molecule has 3 aromatic rings. The van der Waals surface area contributed by atoms with Crippen molar-refractivity contribution in [3.05, 3.63) is 83.9 Å². The second-order valence-corrected chi connectivity index (χ2v) is 6.93. The van der Waals surface area contributed by atoms with Crippen LogP contribution in [0.25, 0.3) is 11.3 Å². The third-order valence-electron chi connectivity index (χ3n) is 5.13. The van der Waals surface area contributed by atoms with Gasteiger partial charge in [-0.25, -0.2) is 4.39 Å². The number of carbonyl (C=O) groups is 1. The van der Waals surface area contributed by atoms with Gasteiger partial charge in [-0.05, 0) is 42.7 Å². The Kier molecular flexibility index (Phi) is 5.05. The van der Waals surface area contributed by atoms with Crippen LogP contribution in [0.5, 0.6) is 0 Å². The molecule has 0 radical (unpaired) electrons. The molecule has 0 spiro atoms. The standard InChI is InChI=1S/C23H22FNO2/c24-19-10-8-17(9-11-19)21-7-4-16-25(21)23(26)15-13-20-12-14-22(27-20)18-5-2-1-3-6-18/h1-3,5-6,8-12,14,21H,4,7,13,15-16H2/t21-/m0/s1. The average molecular weight is 363 g/mol. The predicted octanol–water partition coefficient (Wildman–Crippen LogP) is 5.38. The first kappa shape index (κ1) is 17.5. The van der Waals surface area contributed by atoms with Gasteiger partial charge in [0.25, 0.3) is 0 Å². The molecule has 2 heterocycles. The van der Waals surface area contributed by atoms with Crippen LogP contribution in [0.2, 0.25) is 0 Å². The molecule has 1 fully saturated rings. The van der Waals surface area contributed by atoms with E-state index in [1.807, 2.05) is 47.4 Å². The number of furan rings is 1. The van der Waals surface area contributed by atoms with Crippen LogP contribution in [0.1, 0.15) is 36.6 Å². The molecular weight excluding hydrogens is 341 g/mol. The minimum Gasteiger partial charge on any atom is -0.461 e. The molecule has 0 bridgehead atoms. The predicted molar refractivity (Wildman–Crippen MR) is 103 cm³/mol. The molecule has 1 amide bonds. The summed E-state index contributed by atoms with van der Waals surface area (Å²) in [5.41, 5.74) is 2.04. The topological polar surface area (TPSA) is 33.5 Å². The van der Waals surface area contributed by atoms with Gasteiger partial charge in [-0.15, -0.1) is 0 Å². The number of amides is 1. The number of hydrogen-bond acceptors (Lipinski definition) is 2. The van der Waals surface area contributed by atoms with Crippen LogP contribution in [-0.4, -0.2) is 17.4 Å². The van der Waals surface area contributed by atoms with E-state index in [0.29, 0.717) is 12.8 Å². The van der Waals surface area contributed by atoms with Crippen LogP contribution < -0.4 is 0 Å². The van der Waals surface area contributed by atoms with E-state index in [9.17, 15) is 9.18 Å². The van der Waals surface area contributed by atoms with Gasteiger partial charge in [0.15, 0.2) is 0 Å². The number of rotatable bonds is 5. The van der Waals surface area contributed by atoms with Crippen molar-refractivity contribution in [2.45, 2.75) is 31.7 Å². The Morgan fingerprint density at radius 3 is 2.59 bits per heavy atom. The summed E-state index contributed by atoms with van der Waals surface area (Å²) in [4.78, 5) is 14.7. The molecule has 0 N–H and O–H groups in total. The van der Waals surface area contributed by atoms with Gasteiger partial charge in [-0.3, -0.25) is 4.79 Å².